The monoisotopic (exact) mass is 884 g/mol. The molecule has 0 aliphatic carbocycles. The maximum absolute atomic E-state index is 13.1. The van der Waals surface area contributed by atoms with E-state index in [0.29, 0.717) is 6.42 Å². The van der Waals surface area contributed by atoms with Crippen LogP contribution in [-0.2, 0) is 23.7 Å². The number of aliphatic hydroxyl groups is 8. The molecule has 1 amide bonds. The van der Waals surface area contributed by atoms with E-state index in [0.717, 1.165) is 83.5 Å². The first kappa shape index (κ1) is 56.1. The molecule has 2 heterocycles. The van der Waals surface area contributed by atoms with E-state index in [1.54, 1.807) is 6.08 Å². The third-order valence-electron chi connectivity index (χ3n) is 11.5. The van der Waals surface area contributed by atoms with Crippen LogP contribution in [0.4, 0.5) is 0 Å². The van der Waals surface area contributed by atoms with Gasteiger partial charge >= 0.3 is 0 Å². The molecule has 0 spiro atoms. The Morgan fingerprint density at radius 3 is 1.63 bits per heavy atom. The highest BCUT2D eigenvalue weighted by Crippen LogP contribution is 2.30. The highest BCUT2D eigenvalue weighted by atomic mass is 16.7. The van der Waals surface area contributed by atoms with Gasteiger partial charge in [0.2, 0.25) is 5.91 Å². The first-order valence-corrected chi connectivity index (χ1v) is 23.9. The summed E-state index contributed by atoms with van der Waals surface area (Å²) in [5.74, 6) is -0.259. The first-order valence-electron chi connectivity index (χ1n) is 23.9. The average molecular weight is 884 g/mol. The molecule has 2 aliphatic heterocycles. The van der Waals surface area contributed by atoms with Crippen LogP contribution < -0.4 is 5.32 Å². The number of ether oxygens (including phenoxy) is 4. The van der Waals surface area contributed by atoms with E-state index in [1.807, 2.05) is 6.08 Å². The molecule has 0 aromatic heterocycles. The van der Waals surface area contributed by atoms with Crippen LogP contribution in [0.5, 0.6) is 0 Å². The second-order valence-electron chi connectivity index (χ2n) is 16.9. The molecule has 0 aromatic rings. The van der Waals surface area contributed by atoms with E-state index in [-0.39, 0.29) is 18.9 Å². The summed E-state index contributed by atoms with van der Waals surface area (Å²) in [5.41, 5.74) is 0. The largest absolute Gasteiger partial charge is 0.394 e. The van der Waals surface area contributed by atoms with Crippen molar-refractivity contribution in [3.05, 3.63) is 48.6 Å². The van der Waals surface area contributed by atoms with E-state index in [9.17, 15) is 45.6 Å². The number of allylic oxidation sites excluding steroid dienone is 7. The van der Waals surface area contributed by atoms with Crippen molar-refractivity contribution in [2.75, 3.05) is 19.8 Å². The predicted octanol–water partition coefficient (Wildman–Crippen LogP) is 5.32. The number of carbonyl (C=O) groups is 1. The second-order valence-corrected chi connectivity index (χ2v) is 16.9. The minimum absolute atomic E-state index is 0.259. The van der Waals surface area contributed by atoms with E-state index >= 15 is 0 Å². The van der Waals surface area contributed by atoms with Gasteiger partial charge in [0.05, 0.1) is 32.0 Å². The van der Waals surface area contributed by atoms with Crippen molar-refractivity contribution in [2.45, 2.75) is 229 Å². The number of unbranched alkanes of at least 4 members (excludes halogenated alkanes) is 16. The summed E-state index contributed by atoms with van der Waals surface area (Å²) in [7, 11) is 0. The molecule has 0 radical (unpaired) electrons. The highest BCUT2D eigenvalue weighted by Gasteiger charge is 2.51. The molecule has 0 aromatic carbocycles. The number of hydrogen-bond donors (Lipinski definition) is 9. The molecular formula is C48H85NO13. The lowest BCUT2D eigenvalue weighted by Gasteiger charge is -2.46. The Bertz CT molecular complexity index is 1230. The zero-order valence-corrected chi connectivity index (χ0v) is 37.8. The topological polar surface area (TPSA) is 228 Å². The molecule has 2 rings (SSSR count). The molecule has 2 saturated heterocycles. The normalized spacial score (nSPS) is 28.2. The first-order chi connectivity index (χ1) is 30.1. The van der Waals surface area contributed by atoms with Crippen molar-refractivity contribution < 1.29 is 64.6 Å². The summed E-state index contributed by atoms with van der Waals surface area (Å²) in [6.45, 7) is 2.67. The summed E-state index contributed by atoms with van der Waals surface area (Å²) in [4.78, 5) is 13.1. The van der Waals surface area contributed by atoms with Crippen molar-refractivity contribution in [3.63, 3.8) is 0 Å². The van der Waals surface area contributed by atoms with Gasteiger partial charge < -0.3 is 65.1 Å². The molecule has 2 aliphatic rings. The highest BCUT2D eigenvalue weighted by molar-refractivity contribution is 5.76. The van der Waals surface area contributed by atoms with Crippen molar-refractivity contribution in [1.82, 2.24) is 5.32 Å². The van der Waals surface area contributed by atoms with Gasteiger partial charge in [0, 0.05) is 6.42 Å². The lowest BCUT2D eigenvalue weighted by Crippen LogP contribution is -2.65. The Morgan fingerprint density at radius 1 is 0.581 bits per heavy atom. The lowest BCUT2D eigenvalue weighted by molar-refractivity contribution is -0.359. The van der Waals surface area contributed by atoms with Crippen molar-refractivity contribution in [2.24, 2.45) is 0 Å². The Morgan fingerprint density at radius 2 is 1.06 bits per heavy atom. The molecule has 14 nitrogen and oxygen atoms in total. The van der Waals surface area contributed by atoms with Crippen molar-refractivity contribution in [3.8, 4) is 0 Å². The molecule has 14 heteroatoms. The Hall–Kier alpha value is -2.05. The lowest BCUT2D eigenvalue weighted by atomic mass is 9.97. The molecule has 2 fully saturated rings. The number of nitrogens with one attached hydrogen (secondary N) is 1. The van der Waals surface area contributed by atoms with Gasteiger partial charge in [-0.3, -0.25) is 4.79 Å². The maximum Gasteiger partial charge on any atom is 0.220 e. The van der Waals surface area contributed by atoms with Crippen molar-refractivity contribution in [1.29, 1.82) is 0 Å². The summed E-state index contributed by atoms with van der Waals surface area (Å²) < 4.78 is 22.6. The third-order valence-corrected chi connectivity index (χ3v) is 11.5. The van der Waals surface area contributed by atoms with Gasteiger partial charge in [0.15, 0.2) is 12.6 Å². The predicted molar refractivity (Wildman–Crippen MR) is 240 cm³/mol. The molecule has 360 valence electrons. The summed E-state index contributed by atoms with van der Waals surface area (Å²) >= 11 is 0. The Kier molecular flexibility index (Phi) is 31.9. The van der Waals surface area contributed by atoms with Gasteiger partial charge in [-0.1, -0.05) is 140 Å². The van der Waals surface area contributed by atoms with Crippen molar-refractivity contribution >= 4 is 5.91 Å². The SMILES string of the molecule is CCCCCCC/C=C\C/C=C\C/C=C\CCCCCCCCC(=O)NC(COC1OC(CO)C(OC2OC(CO)C(O)C(O)C2O)C(O)C1O)C(O)/C=C/CCCCCCC. The molecule has 12 unspecified atom stereocenters. The molecule has 62 heavy (non-hydrogen) atoms. The van der Waals surface area contributed by atoms with Gasteiger partial charge in [0.25, 0.3) is 0 Å². The van der Waals surface area contributed by atoms with Gasteiger partial charge in [-0.15, -0.1) is 0 Å². The number of hydrogen-bond acceptors (Lipinski definition) is 13. The van der Waals surface area contributed by atoms with E-state index < -0.39 is 86.8 Å². The molecular weight excluding hydrogens is 799 g/mol. The van der Waals surface area contributed by atoms with Crippen LogP contribution in [-0.4, -0.2) is 140 Å². The smallest absolute Gasteiger partial charge is 0.220 e. The average Bonchev–Trinajstić information content (AvgIpc) is 3.27. The van der Waals surface area contributed by atoms with Crippen LogP contribution in [0, 0.1) is 0 Å². The second kappa shape index (κ2) is 35.2. The van der Waals surface area contributed by atoms with Gasteiger partial charge in [0.1, 0.15) is 48.8 Å². The van der Waals surface area contributed by atoms with Crippen LogP contribution in [0.1, 0.15) is 155 Å². The fourth-order valence-corrected chi connectivity index (χ4v) is 7.53. The third kappa shape index (κ3) is 22.7. The van der Waals surface area contributed by atoms with Crippen LogP contribution >= 0.6 is 0 Å². The minimum atomic E-state index is -1.79. The number of amides is 1. The van der Waals surface area contributed by atoms with Crippen LogP contribution in [0.3, 0.4) is 0 Å². The van der Waals surface area contributed by atoms with E-state index in [4.69, 9.17) is 18.9 Å². The number of rotatable bonds is 35. The summed E-state index contributed by atoms with van der Waals surface area (Å²) in [5, 5.41) is 86.3. The maximum atomic E-state index is 13.1. The standard InChI is InChI=1S/C48H85NO13/c1-3-5-7-9-11-12-13-14-15-16-17-18-19-20-21-22-23-24-26-28-30-32-40(53)49-36(37(52)31-29-27-25-10-8-6-4-2)35-59-47-45(58)43(56)46(39(34-51)61-47)62-48-44(57)42(55)41(54)38(33-50)60-48/h13-14,16-17,19-20,29,31,36-39,41-48,50-52,54-58H,3-12,15,18,21-28,30,32-35H2,1-2H3,(H,49,53)/b14-13-,17-16-,20-19-,31-29+. The Balaban J connectivity index is 1.79. The van der Waals surface area contributed by atoms with Crippen LogP contribution in [0.15, 0.2) is 48.6 Å². The molecule has 9 N–H and O–H groups in total. The van der Waals surface area contributed by atoms with Crippen LogP contribution in [0.2, 0.25) is 0 Å². The van der Waals surface area contributed by atoms with E-state index in [1.165, 1.54) is 44.9 Å². The molecule has 0 saturated carbocycles. The van der Waals surface area contributed by atoms with Crippen LogP contribution in [0.25, 0.3) is 0 Å². The number of carbonyl (C=O) groups excluding carboxylic acids is 1. The zero-order chi connectivity index (χ0) is 45.4. The summed E-state index contributed by atoms with van der Waals surface area (Å²) in [6, 6.07) is -0.919. The summed E-state index contributed by atoms with van der Waals surface area (Å²) in [6.07, 6.45) is 23.3. The fraction of sp³-hybridized carbons (Fsp3) is 0.812. The van der Waals surface area contributed by atoms with Gasteiger partial charge in [-0.25, -0.2) is 0 Å². The number of aliphatic hydroxyl groups excluding tert-OH is 8. The minimum Gasteiger partial charge on any atom is -0.394 e. The van der Waals surface area contributed by atoms with Gasteiger partial charge in [-0.05, 0) is 57.8 Å². The zero-order valence-electron chi connectivity index (χ0n) is 37.8. The molecule has 12 atom stereocenters. The fourth-order valence-electron chi connectivity index (χ4n) is 7.53. The molecule has 0 bridgehead atoms. The van der Waals surface area contributed by atoms with E-state index in [2.05, 4.69) is 55.6 Å². The quantitative estimate of drug-likeness (QED) is 0.0291. The Labute approximate surface area is 372 Å². The van der Waals surface area contributed by atoms with Gasteiger partial charge in [-0.2, -0.15) is 0 Å².